The summed E-state index contributed by atoms with van der Waals surface area (Å²) in [5.74, 6) is 0.858. The molecule has 0 radical (unpaired) electrons. The van der Waals surface area contributed by atoms with Crippen molar-refractivity contribution < 1.29 is 4.74 Å². The number of nitrogens with zero attached hydrogens (tertiary/aromatic N) is 1. The van der Waals surface area contributed by atoms with Gasteiger partial charge in [-0.25, -0.2) is 0 Å². The molecule has 0 unspecified atom stereocenters. The topological polar surface area (TPSA) is 34.2 Å². The first-order valence-corrected chi connectivity index (χ1v) is 9.51. The van der Waals surface area contributed by atoms with Crippen LogP contribution in [0.15, 0.2) is 72.8 Å². The molecular formula is C25H25ClN2O. The number of ether oxygens (including phenoxy) is 1. The summed E-state index contributed by atoms with van der Waals surface area (Å²) in [5.41, 5.74) is 7.76. The lowest BCUT2D eigenvalue weighted by Gasteiger charge is -2.14. The number of hydrogen-bond acceptors (Lipinski definition) is 3. The first-order valence-electron chi connectivity index (χ1n) is 9.51. The van der Waals surface area contributed by atoms with Gasteiger partial charge in [-0.3, -0.25) is 4.98 Å². The van der Waals surface area contributed by atoms with Gasteiger partial charge in [0.25, 0.3) is 0 Å². The Kier molecular flexibility index (Phi) is 6.40. The van der Waals surface area contributed by atoms with E-state index in [1.54, 1.807) is 0 Å². The number of benzene rings is 3. The predicted octanol–water partition coefficient (Wildman–Crippen LogP) is 6.90. The lowest BCUT2D eigenvalue weighted by molar-refractivity contribution is 0.306. The summed E-state index contributed by atoms with van der Waals surface area (Å²) in [4.78, 5) is 4.73. The lowest BCUT2D eigenvalue weighted by Crippen LogP contribution is -1.97. The molecule has 0 aliphatic heterocycles. The maximum absolute atomic E-state index is 5.88. The van der Waals surface area contributed by atoms with E-state index in [0.717, 1.165) is 39.3 Å². The summed E-state index contributed by atoms with van der Waals surface area (Å²) in [6.45, 7) is 6.84. The van der Waals surface area contributed by atoms with E-state index in [1.807, 2.05) is 49.4 Å². The van der Waals surface area contributed by atoms with Crippen molar-refractivity contribution in [1.29, 1.82) is 0 Å². The van der Waals surface area contributed by atoms with Gasteiger partial charge < -0.3 is 10.1 Å². The van der Waals surface area contributed by atoms with E-state index in [0.29, 0.717) is 6.61 Å². The molecule has 4 aromatic rings. The third-order valence-electron chi connectivity index (χ3n) is 4.76. The van der Waals surface area contributed by atoms with Crippen LogP contribution < -0.4 is 10.1 Å². The average molecular weight is 405 g/mol. The zero-order valence-electron chi connectivity index (χ0n) is 16.9. The Bertz CT molecular complexity index is 1110. The molecule has 29 heavy (non-hydrogen) atoms. The number of anilines is 2. The normalized spacial score (nSPS) is 10.4. The van der Waals surface area contributed by atoms with E-state index < -0.39 is 0 Å². The summed E-state index contributed by atoms with van der Waals surface area (Å²) >= 11 is 0. The molecule has 0 amide bonds. The Morgan fingerprint density at radius 3 is 2.31 bits per heavy atom. The highest BCUT2D eigenvalue weighted by Gasteiger charge is 2.08. The van der Waals surface area contributed by atoms with Crippen molar-refractivity contribution in [2.75, 3.05) is 5.32 Å². The molecule has 1 aromatic heterocycles. The zero-order valence-corrected chi connectivity index (χ0v) is 17.7. The van der Waals surface area contributed by atoms with Crippen LogP contribution in [0.1, 0.15) is 22.4 Å². The molecule has 1 heterocycles. The van der Waals surface area contributed by atoms with Gasteiger partial charge in [0, 0.05) is 22.5 Å². The summed E-state index contributed by atoms with van der Waals surface area (Å²) < 4.78 is 5.88. The third-order valence-corrected chi connectivity index (χ3v) is 4.76. The van der Waals surface area contributed by atoms with E-state index >= 15 is 0 Å². The van der Waals surface area contributed by atoms with Crippen LogP contribution in [0.25, 0.3) is 10.9 Å². The van der Waals surface area contributed by atoms with Gasteiger partial charge >= 0.3 is 0 Å². The number of fused-ring (bicyclic) bond motifs is 1. The molecule has 0 bridgehead atoms. The number of aryl methyl sites for hydroxylation is 3. The molecule has 3 nitrogen and oxygen atoms in total. The Morgan fingerprint density at radius 2 is 1.59 bits per heavy atom. The summed E-state index contributed by atoms with van der Waals surface area (Å²) in [7, 11) is 0. The van der Waals surface area contributed by atoms with Crippen molar-refractivity contribution in [3.63, 3.8) is 0 Å². The number of halogens is 1. The standard InChI is InChI=1S/C25H24N2O.ClH/c1-17-13-18(2)25-23(14-17)24(15-19(3)26-25)27-21-9-11-22(12-10-21)28-16-20-7-5-4-6-8-20;/h4-15H,16H2,1-3H3,(H,26,27);1H. The fourth-order valence-electron chi connectivity index (χ4n) is 3.44. The van der Waals surface area contributed by atoms with Gasteiger partial charge in [-0.15, -0.1) is 12.4 Å². The van der Waals surface area contributed by atoms with Crippen molar-refractivity contribution in [1.82, 2.24) is 4.98 Å². The molecule has 4 rings (SSSR count). The van der Waals surface area contributed by atoms with E-state index in [2.05, 4.69) is 49.5 Å². The average Bonchev–Trinajstić information content (AvgIpc) is 2.69. The van der Waals surface area contributed by atoms with Crippen LogP contribution >= 0.6 is 12.4 Å². The summed E-state index contributed by atoms with van der Waals surface area (Å²) in [6.07, 6.45) is 0. The Balaban J connectivity index is 0.00000240. The minimum absolute atomic E-state index is 0. The molecule has 0 fully saturated rings. The molecule has 3 aromatic carbocycles. The number of nitrogens with one attached hydrogen (secondary N) is 1. The number of pyridine rings is 1. The van der Waals surface area contributed by atoms with Crippen LogP contribution in [-0.4, -0.2) is 4.98 Å². The molecular weight excluding hydrogens is 380 g/mol. The summed E-state index contributed by atoms with van der Waals surface area (Å²) in [5, 5.41) is 4.69. The fraction of sp³-hybridized carbons (Fsp3) is 0.160. The van der Waals surface area contributed by atoms with Crippen LogP contribution in [0.5, 0.6) is 5.75 Å². The minimum atomic E-state index is 0. The maximum Gasteiger partial charge on any atom is 0.119 e. The van der Waals surface area contributed by atoms with Crippen molar-refractivity contribution >= 4 is 34.7 Å². The first-order chi connectivity index (χ1) is 13.6. The van der Waals surface area contributed by atoms with Crippen molar-refractivity contribution in [2.24, 2.45) is 0 Å². The lowest BCUT2D eigenvalue weighted by atomic mass is 10.0. The van der Waals surface area contributed by atoms with Crippen LogP contribution in [-0.2, 0) is 6.61 Å². The van der Waals surface area contributed by atoms with Gasteiger partial charge in [0.2, 0.25) is 0 Å². The first kappa shape index (κ1) is 20.7. The monoisotopic (exact) mass is 404 g/mol. The van der Waals surface area contributed by atoms with Crippen molar-refractivity contribution in [3.8, 4) is 5.75 Å². The SMILES string of the molecule is Cc1cc(C)c2nc(C)cc(Nc3ccc(OCc4ccccc4)cc3)c2c1.Cl. The van der Waals surface area contributed by atoms with Crippen LogP contribution in [0.2, 0.25) is 0 Å². The van der Waals surface area contributed by atoms with E-state index in [1.165, 1.54) is 11.1 Å². The molecule has 0 aliphatic carbocycles. The summed E-state index contributed by atoms with van der Waals surface area (Å²) in [6, 6.07) is 24.7. The Hall–Kier alpha value is -3.04. The predicted molar refractivity (Wildman–Crippen MR) is 124 cm³/mol. The van der Waals surface area contributed by atoms with E-state index in [4.69, 9.17) is 9.72 Å². The quantitative estimate of drug-likeness (QED) is 0.392. The molecule has 0 aliphatic rings. The van der Waals surface area contributed by atoms with Gasteiger partial charge in [-0.1, -0.05) is 42.0 Å². The van der Waals surface area contributed by atoms with E-state index in [9.17, 15) is 0 Å². The van der Waals surface area contributed by atoms with Gasteiger partial charge in [0.1, 0.15) is 12.4 Å². The highest BCUT2D eigenvalue weighted by atomic mass is 35.5. The van der Waals surface area contributed by atoms with Crippen LogP contribution in [0, 0.1) is 20.8 Å². The zero-order chi connectivity index (χ0) is 19.5. The number of rotatable bonds is 5. The third kappa shape index (κ3) is 4.87. The smallest absolute Gasteiger partial charge is 0.119 e. The molecule has 0 saturated carbocycles. The second-order valence-electron chi connectivity index (χ2n) is 7.21. The highest BCUT2D eigenvalue weighted by Crippen LogP contribution is 2.30. The van der Waals surface area contributed by atoms with Crippen LogP contribution in [0.3, 0.4) is 0 Å². The Labute approximate surface area is 178 Å². The highest BCUT2D eigenvalue weighted by molar-refractivity contribution is 5.95. The molecule has 0 spiro atoms. The number of aromatic nitrogens is 1. The maximum atomic E-state index is 5.88. The Morgan fingerprint density at radius 1 is 0.862 bits per heavy atom. The number of hydrogen-bond donors (Lipinski definition) is 1. The largest absolute Gasteiger partial charge is 0.489 e. The van der Waals surface area contributed by atoms with Gasteiger partial charge in [-0.05, 0) is 68.3 Å². The van der Waals surface area contributed by atoms with Crippen LogP contribution in [0.4, 0.5) is 11.4 Å². The molecule has 0 saturated heterocycles. The van der Waals surface area contributed by atoms with Gasteiger partial charge in [0.15, 0.2) is 0 Å². The van der Waals surface area contributed by atoms with E-state index in [-0.39, 0.29) is 12.4 Å². The van der Waals surface area contributed by atoms with Gasteiger partial charge in [-0.2, -0.15) is 0 Å². The molecule has 4 heteroatoms. The van der Waals surface area contributed by atoms with Gasteiger partial charge in [0.05, 0.1) is 5.52 Å². The molecule has 148 valence electrons. The fourth-order valence-corrected chi connectivity index (χ4v) is 3.44. The van der Waals surface area contributed by atoms with Crippen molar-refractivity contribution in [2.45, 2.75) is 27.4 Å². The minimum Gasteiger partial charge on any atom is -0.489 e. The second-order valence-corrected chi connectivity index (χ2v) is 7.21. The molecule has 1 N–H and O–H groups in total. The second kappa shape index (κ2) is 8.97. The van der Waals surface area contributed by atoms with Crippen molar-refractivity contribution in [3.05, 3.63) is 95.2 Å². The molecule has 0 atom stereocenters.